The van der Waals surface area contributed by atoms with Gasteiger partial charge in [-0.2, -0.15) is 11.8 Å². The van der Waals surface area contributed by atoms with Gasteiger partial charge in [0.2, 0.25) is 11.8 Å². The Morgan fingerprint density at radius 2 is 2.10 bits per heavy atom. The number of carbonyl (C=O) groups is 2. The lowest BCUT2D eigenvalue weighted by atomic mass is 9.93. The van der Waals surface area contributed by atoms with E-state index in [1.165, 1.54) is 12.8 Å². The van der Waals surface area contributed by atoms with Gasteiger partial charge in [-0.3, -0.25) is 9.59 Å². The summed E-state index contributed by atoms with van der Waals surface area (Å²) < 4.78 is 0. The molecule has 2 rings (SSSR count). The largest absolute Gasteiger partial charge is 0.352 e. The Morgan fingerprint density at radius 1 is 1.33 bits per heavy atom. The van der Waals surface area contributed by atoms with E-state index >= 15 is 0 Å². The van der Waals surface area contributed by atoms with Gasteiger partial charge in [-0.15, -0.1) is 0 Å². The lowest BCUT2D eigenvalue weighted by Gasteiger charge is -2.34. The minimum Gasteiger partial charge on any atom is -0.352 e. The van der Waals surface area contributed by atoms with E-state index in [-0.39, 0.29) is 29.8 Å². The second kappa shape index (κ2) is 7.52. The second-order valence-electron chi connectivity index (χ2n) is 6.61. The Morgan fingerprint density at radius 3 is 2.67 bits per heavy atom. The average Bonchev–Trinajstić information content (AvgIpc) is 2.85. The molecule has 0 unspecified atom stereocenters. The first kappa shape index (κ1) is 16.7. The number of nitrogens with one attached hydrogen (secondary N) is 1. The maximum atomic E-state index is 12.7. The van der Waals surface area contributed by atoms with Crippen LogP contribution in [-0.2, 0) is 9.59 Å². The smallest absolute Gasteiger partial charge is 0.243 e. The second-order valence-corrected chi connectivity index (χ2v) is 7.75. The van der Waals surface area contributed by atoms with Crippen molar-refractivity contribution < 1.29 is 9.59 Å². The van der Waals surface area contributed by atoms with E-state index < -0.39 is 0 Å². The van der Waals surface area contributed by atoms with Crippen molar-refractivity contribution in [3.63, 3.8) is 0 Å². The standard InChI is InChI=1S/C16H28N2O2S/c1-11(2)15(18-9-5-8-14(18)19)16(20)17-12-6-4-7-13(10-12)21-3/h11-13,15H,4-10H2,1-3H3,(H,17,20)/t12-,13-,15+/m1/s1. The van der Waals surface area contributed by atoms with Gasteiger partial charge in [0.15, 0.2) is 0 Å². The molecule has 1 aliphatic heterocycles. The van der Waals surface area contributed by atoms with Crippen LogP contribution >= 0.6 is 11.8 Å². The van der Waals surface area contributed by atoms with Gasteiger partial charge in [-0.05, 0) is 37.9 Å². The molecule has 0 radical (unpaired) electrons. The van der Waals surface area contributed by atoms with Crippen LogP contribution in [0.5, 0.6) is 0 Å². The van der Waals surface area contributed by atoms with Crippen molar-refractivity contribution in [2.75, 3.05) is 12.8 Å². The predicted octanol–water partition coefficient (Wildman–Crippen LogP) is 2.42. The molecule has 0 bridgehead atoms. The van der Waals surface area contributed by atoms with Crippen LogP contribution < -0.4 is 5.32 Å². The molecule has 0 aromatic carbocycles. The number of rotatable bonds is 5. The molecule has 2 amide bonds. The van der Waals surface area contributed by atoms with Gasteiger partial charge in [0, 0.05) is 24.3 Å². The van der Waals surface area contributed by atoms with Crippen LogP contribution in [0.4, 0.5) is 0 Å². The van der Waals surface area contributed by atoms with Crippen molar-refractivity contribution in [2.24, 2.45) is 5.92 Å². The van der Waals surface area contributed by atoms with Crippen molar-refractivity contribution in [2.45, 2.75) is 69.7 Å². The third-order valence-electron chi connectivity index (χ3n) is 4.65. The van der Waals surface area contributed by atoms with Gasteiger partial charge in [-0.25, -0.2) is 0 Å². The molecule has 2 fully saturated rings. The Labute approximate surface area is 132 Å². The van der Waals surface area contributed by atoms with Gasteiger partial charge in [0.05, 0.1) is 0 Å². The van der Waals surface area contributed by atoms with Crippen molar-refractivity contribution in [3.8, 4) is 0 Å². The van der Waals surface area contributed by atoms with Crippen LogP contribution in [0.3, 0.4) is 0 Å². The topological polar surface area (TPSA) is 49.4 Å². The quantitative estimate of drug-likeness (QED) is 0.848. The fourth-order valence-corrected chi connectivity index (χ4v) is 4.37. The fraction of sp³-hybridized carbons (Fsp3) is 0.875. The zero-order valence-corrected chi connectivity index (χ0v) is 14.2. The molecule has 4 nitrogen and oxygen atoms in total. The van der Waals surface area contributed by atoms with Crippen LogP contribution in [-0.4, -0.2) is 46.8 Å². The van der Waals surface area contributed by atoms with E-state index in [0.717, 1.165) is 25.8 Å². The number of amides is 2. The molecule has 1 N–H and O–H groups in total. The van der Waals surface area contributed by atoms with E-state index in [1.807, 2.05) is 25.6 Å². The van der Waals surface area contributed by atoms with Crippen molar-refractivity contribution in [1.82, 2.24) is 10.2 Å². The monoisotopic (exact) mass is 312 g/mol. The summed E-state index contributed by atoms with van der Waals surface area (Å²) in [4.78, 5) is 26.4. The summed E-state index contributed by atoms with van der Waals surface area (Å²) in [6.07, 6.45) is 8.20. The van der Waals surface area contributed by atoms with E-state index in [2.05, 4.69) is 11.6 Å². The third kappa shape index (κ3) is 4.15. The number of hydrogen-bond donors (Lipinski definition) is 1. The van der Waals surface area contributed by atoms with Crippen LogP contribution in [0.2, 0.25) is 0 Å². The van der Waals surface area contributed by atoms with E-state index in [0.29, 0.717) is 11.7 Å². The SMILES string of the molecule is CS[C@@H]1CCC[C@@H](NC(=O)[C@H](C(C)C)N2CCCC2=O)C1. The van der Waals surface area contributed by atoms with Crippen molar-refractivity contribution in [1.29, 1.82) is 0 Å². The Kier molecular flexibility index (Phi) is 5.97. The maximum Gasteiger partial charge on any atom is 0.243 e. The van der Waals surface area contributed by atoms with E-state index in [9.17, 15) is 9.59 Å². The highest BCUT2D eigenvalue weighted by Gasteiger charge is 2.36. The average molecular weight is 312 g/mol. The highest BCUT2D eigenvalue weighted by atomic mass is 32.2. The highest BCUT2D eigenvalue weighted by Crippen LogP contribution is 2.27. The van der Waals surface area contributed by atoms with Crippen LogP contribution in [0.15, 0.2) is 0 Å². The van der Waals surface area contributed by atoms with Crippen LogP contribution in [0.1, 0.15) is 52.4 Å². The fourth-order valence-electron chi connectivity index (χ4n) is 3.54. The van der Waals surface area contributed by atoms with E-state index in [1.54, 1.807) is 4.90 Å². The number of hydrogen-bond acceptors (Lipinski definition) is 3. The first-order valence-corrected chi connectivity index (χ1v) is 9.44. The minimum absolute atomic E-state index is 0.0482. The summed E-state index contributed by atoms with van der Waals surface area (Å²) in [7, 11) is 0. The maximum absolute atomic E-state index is 12.7. The summed E-state index contributed by atoms with van der Waals surface area (Å²) >= 11 is 1.90. The van der Waals surface area contributed by atoms with E-state index in [4.69, 9.17) is 0 Å². The summed E-state index contributed by atoms with van der Waals surface area (Å²) in [5.41, 5.74) is 0. The molecule has 0 aromatic heterocycles. The summed E-state index contributed by atoms with van der Waals surface area (Å²) in [6.45, 7) is 4.79. The summed E-state index contributed by atoms with van der Waals surface area (Å²) in [5.74, 6) is 0.341. The van der Waals surface area contributed by atoms with Gasteiger partial charge in [0.25, 0.3) is 0 Å². The Balaban J connectivity index is 1.97. The van der Waals surface area contributed by atoms with Crippen molar-refractivity contribution in [3.05, 3.63) is 0 Å². The molecule has 1 heterocycles. The zero-order chi connectivity index (χ0) is 15.4. The van der Waals surface area contributed by atoms with Crippen molar-refractivity contribution >= 4 is 23.6 Å². The predicted molar refractivity (Wildman–Crippen MR) is 87.3 cm³/mol. The number of thioether (sulfide) groups is 1. The van der Waals surface area contributed by atoms with Gasteiger partial charge in [0.1, 0.15) is 6.04 Å². The molecule has 3 atom stereocenters. The number of nitrogens with zero attached hydrogens (tertiary/aromatic N) is 1. The first-order chi connectivity index (χ1) is 10.0. The summed E-state index contributed by atoms with van der Waals surface area (Å²) in [6, 6.07) is -0.0164. The molecular weight excluding hydrogens is 284 g/mol. The van der Waals surface area contributed by atoms with Gasteiger partial charge < -0.3 is 10.2 Å². The molecule has 1 saturated carbocycles. The van der Waals surface area contributed by atoms with Gasteiger partial charge >= 0.3 is 0 Å². The van der Waals surface area contributed by atoms with Crippen LogP contribution in [0, 0.1) is 5.92 Å². The minimum atomic E-state index is -0.297. The first-order valence-electron chi connectivity index (χ1n) is 8.15. The molecule has 0 aromatic rings. The normalized spacial score (nSPS) is 28.0. The lowest BCUT2D eigenvalue weighted by Crippen LogP contribution is -2.53. The molecule has 1 aliphatic carbocycles. The molecule has 21 heavy (non-hydrogen) atoms. The summed E-state index contributed by atoms with van der Waals surface area (Å²) in [5, 5.41) is 3.88. The zero-order valence-electron chi connectivity index (χ0n) is 13.4. The molecule has 0 spiro atoms. The molecule has 2 aliphatic rings. The molecular formula is C16H28N2O2S. The molecule has 1 saturated heterocycles. The van der Waals surface area contributed by atoms with Gasteiger partial charge in [-0.1, -0.05) is 20.3 Å². The van der Waals surface area contributed by atoms with Crippen LogP contribution in [0.25, 0.3) is 0 Å². The number of likely N-dealkylation sites (tertiary alicyclic amines) is 1. The highest BCUT2D eigenvalue weighted by molar-refractivity contribution is 7.99. The molecule has 120 valence electrons. The lowest BCUT2D eigenvalue weighted by molar-refractivity contribution is -0.139. The Hall–Kier alpha value is -0.710. The third-order valence-corrected chi connectivity index (χ3v) is 5.75. The molecule has 5 heteroatoms. The Bertz CT molecular complexity index is 386. The number of carbonyl (C=O) groups excluding carboxylic acids is 2.